The first-order chi connectivity index (χ1) is 9.45. The zero-order valence-corrected chi connectivity index (χ0v) is 18.2. The van der Waals surface area contributed by atoms with E-state index in [2.05, 4.69) is 91.0 Å². The molecule has 3 aromatic carbocycles. The van der Waals surface area contributed by atoms with Gasteiger partial charge in [0.1, 0.15) is 0 Å². The van der Waals surface area contributed by atoms with Crippen molar-refractivity contribution in [3.8, 4) is 0 Å². The number of benzene rings is 3. The molecule has 0 amide bonds. The third-order valence-electron chi connectivity index (χ3n) is 2.65. The fourth-order valence-corrected chi connectivity index (χ4v) is 7.39. The van der Waals surface area contributed by atoms with Crippen LogP contribution in [-0.4, -0.2) is 0 Å². The SMILES string of the molecule is P.[Cl-].[Cl-].[Cl-].c1cc[c]([Au+3]([c]2ccccc2)[c]2ccccc2)cc1. The van der Waals surface area contributed by atoms with Crippen molar-refractivity contribution in [3.63, 3.8) is 0 Å². The van der Waals surface area contributed by atoms with E-state index in [0.29, 0.717) is 0 Å². The average molecular weight is 569 g/mol. The second-order valence-electron chi connectivity index (χ2n) is 3.98. The molecule has 0 aliphatic carbocycles. The zero-order valence-electron chi connectivity index (χ0n) is 12.3. The number of halogens is 3. The molecule has 0 aliphatic rings. The van der Waals surface area contributed by atoms with Crippen LogP contribution in [0.25, 0.3) is 0 Å². The Morgan fingerprint density at radius 2 is 0.609 bits per heavy atom. The molecule has 0 spiro atoms. The van der Waals surface area contributed by atoms with Crippen LogP contribution in [0.1, 0.15) is 0 Å². The maximum absolute atomic E-state index is 2.26. The van der Waals surface area contributed by atoms with Crippen LogP contribution in [0.5, 0.6) is 0 Å². The van der Waals surface area contributed by atoms with Crippen LogP contribution in [0, 0.1) is 0 Å². The van der Waals surface area contributed by atoms with Crippen molar-refractivity contribution in [2.45, 2.75) is 0 Å². The molecule has 23 heavy (non-hydrogen) atoms. The van der Waals surface area contributed by atoms with Gasteiger partial charge in [-0.1, -0.05) is 0 Å². The van der Waals surface area contributed by atoms with E-state index in [1.54, 1.807) is 0 Å². The van der Waals surface area contributed by atoms with Crippen molar-refractivity contribution in [1.29, 1.82) is 0 Å². The van der Waals surface area contributed by atoms with Crippen molar-refractivity contribution in [2.75, 3.05) is 0 Å². The van der Waals surface area contributed by atoms with Crippen LogP contribution in [0.2, 0.25) is 0 Å². The zero-order chi connectivity index (χ0) is 12.9. The molecule has 0 N–H and O–H groups in total. The Kier molecular flexibility index (Phi) is 14.1. The molecule has 0 saturated heterocycles. The second kappa shape index (κ2) is 13.0. The van der Waals surface area contributed by atoms with E-state index in [-0.39, 0.29) is 47.1 Å². The summed E-state index contributed by atoms with van der Waals surface area (Å²) in [7, 11) is 0. The van der Waals surface area contributed by atoms with Crippen LogP contribution < -0.4 is 48.6 Å². The van der Waals surface area contributed by atoms with Gasteiger partial charge in [-0.3, -0.25) is 0 Å². The Morgan fingerprint density at radius 3 is 0.826 bits per heavy atom. The van der Waals surface area contributed by atoms with Crippen LogP contribution in [0.15, 0.2) is 91.0 Å². The first-order valence-electron chi connectivity index (χ1n) is 6.18. The summed E-state index contributed by atoms with van der Waals surface area (Å²) in [5, 5.41) is 0. The fourth-order valence-electron chi connectivity index (χ4n) is 1.80. The Morgan fingerprint density at radius 1 is 0.391 bits per heavy atom. The van der Waals surface area contributed by atoms with Crippen LogP contribution in [-0.2, 0) is 18.4 Å². The Labute approximate surface area is 167 Å². The van der Waals surface area contributed by atoms with Crippen molar-refractivity contribution in [1.82, 2.24) is 0 Å². The van der Waals surface area contributed by atoms with Crippen LogP contribution >= 0.6 is 9.90 Å². The van der Waals surface area contributed by atoms with E-state index in [4.69, 9.17) is 0 Å². The van der Waals surface area contributed by atoms with Gasteiger partial charge in [0.25, 0.3) is 0 Å². The normalized spacial score (nSPS) is 9.13. The molecule has 0 saturated carbocycles. The molecule has 3 aromatic rings. The fraction of sp³-hybridized carbons (Fsp3) is 0. The van der Waals surface area contributed by atoms with Crippen molar-refractivity contribution >= 4 is 21.2 Å². The summed E-state index contributed by atoms with van der Waals surface area (Å²) in [6, 6.07) is 32.7. The molecule has 0 bridgehead atoms. The van der Waals surface area contributed by atoms with Gasteiger partial charge in [-0.25, -0.2) is 0 Å². The molecule has 0 fully saturated rings. The molecule has 127 valence electrons. The van der Waals surface area contributed by atoms with E-state index < -0.39 is 18.4 Å². The molecule has 3 rings (SSSR count). The van der Waals surface area contributed by atoms with Gasteiger partial charge in [-0.2, -0.15) is 9.90 Å². The van der Waals surface area contributed by atoms with Crippen molar-refractivity contribution in [2.24, 2.45) is 0 Å². The molecule has 1 atom stereocenters. The van der Waals surface area contributed by atoms with Gasteiger partial charge in [-0.05, 0) is 0 Å². The number of rotatable bonds is 3. The Bertz CT molecular complexity index is 542. The van der Waals surface area contributed by atoms with Gasteiger partial charge >= 0.3 is 121 Å². The van der Waals surface area contributed by atoms with E-state index >= 15 is 0 Å². The average Bonchev–Trinajstić information content (AvgIpc) is 2.51. The van der Waals surface area contributed by atoms with Gasteiger partial charge in [0.05, 0.1) is 0 Å². The van der Waals surface area contributed by atoms with Gasteiger partial charge in [0.2, 0.25) is 0 Å². The minimum absolute atomic E-state index is 0. The van der Waals surface area contributed by atoms with Crippen molar-refractivity contribution < 1.29 is 55.7 Å². The molecule has 0 aromatic heterocycles. The third-order valence-corrected chi connectivity index (χ3v) is 8.56. The molecule has 0 radical (unpaired) electrons. The summed E-state index contributed by atoms with van der Waals surface area (Å²) in [6.07, 6.45) is 0. The first kappa shape index (κ1) is 24.9. The molecule has 5 heteroatoms. The van der Waals surface area contributed by atoms with Gasteiger partial charge in [0.15, 0.2) is 0 Å². The molecular formula is C18H18AuCl3P. The second-order valence-corrected chi connectivity index (χ2v) is 9.36. The summed E-state index contributed by atoms with van der Waals surface area (Å²) in [4.78, 5) is 0. The van der Waals surface area contributed by atoms with Crippen LogP contribution in [0.4, 0.5) is 0 Å². The molecule has 1 unspecified atom stereocenters. The van der Waals surface area contributed by atoms with Crippen molar-refractivity contribution in [3.05, 3.63) is 91.0 Å². The van der Waals surface area contributed by atoms with E-state index in [9.17, 15) is 0 Å². The molecule has 0 aliphatic heterocycles. The Hall–Kier alpha value is -0.300. The number of hydrogen-bond donors (Lipinski definition) is 0. The monoisotopic (exact) mass is 567 g/mol. The first-order valence-corrected chi connectivity index (χ1v) is 9.43. The Balaban J connectivity index is 0. The third kappa shape index (κ3) is 6.61. The summed E-state index contributed by atoms with van der Waals surface area (Å²) in [5.74, 6) is 0. The standard InChI is InChI=1S/3C6H5.Au.3ClH.H3P/c3*1-2-4-6-5-3-1;;;;;/h3*1-5H;;3*1H;1H3/q;;;+3;;;;/p-3. The van der Waals surface area contributed by atoms with E-state index in [1.807, 2.05) is 0 Å². The van der Waals surface area contributed by atoms with Crippen LogP contribution in [0.3, 0.4) is 0 Å². The quantitative estimate of drug-likeness (QED) is 0.218. The topological polar surface area (TPSA) is 0 Å². The van der Waals surface area contributed by atoms with Gasteiger partial charge in [0, 0.05) is 0 Å². The predicted molar refractivity (Wildman–Crippen MR) is 89.3 cm³/mol. The molecule has 0 nitrogen and oxygen atoms in total. The van der Waals surface area contributed by atoms with E-state index in [0.717, 1.165) is 0 Å². The van der Waals surface area contributed by atoms with Gasteiger partial charge < -0.3 is 37.2 Å². The number of hydrogen-bond acceptors (Lipinski definition) is 0. The molecular weight excluding hydrogens is 550 g/mol. The summed E-state index contributed by atoms with van der Waals surface area (Å²) in [5.41, 5.74) is 0. The molecule has 0 heterocycles. The maximum atomic E-state index is 2.26. The minimum atomic E-state index is -1.42. The summed E-state index contributed by atoms with van der Waals surface area (Å²) >= 11 is -1.42. The summed E-state index contributed by atoms with van der Waals surface area (Å²) in [6.45, 7) is 0. The van der Waals surface area contributed by atoms with Gasteiger partial charge in [-0.15, -0.1) is 0 Å². The summed E-state index contributed by atoms with van der Waals surface area (Å²) < 4.78 is 4.44. The van der Waals surface area contributed by atoms with E-state index in [1.165, 1.54) is 11.3 Å². The predicted octanol–water partition coefficient (Wildman–Crippen LogP) is -6.35.